The molecule has 2 aromatic rings. The SMILES string of the molecule is Cc1nc(CNc2cc(F)cc(Cl)c2)sc1C. The molecule has 0 radical (unpaired) electrons. The Morgan fingerprint density at radius 3 is 2.71 bits per heavy atom. The van der Waals surface area contributed by atoms with E-state index in [-0.39, 0.29) is 5.82 Å². The lowest BCUT2D eigenvalue weighted by atomic mass is 10.3. The fourth-order valence-corrected chi connectivity index (χ4v) is 2.54. The summed E-state index contributed by atoms with van der Waals surface area (Å²) in [6.07, 6.45) is 0. The molecule has 2 nitrogen and oxygen atoms in total. The molecule has 5 heteroatoms. The standard InChI is InChI=1S/C12H12ClFN2S/c1-7-8(2)17-12(16-7)6-15-11-4-9(13)3-10(14)5-11/h3-5,15H,6H2,1-2H3. The molecular weight excluding hydrogens is 259 g/mol. The molecule has 0 spiro atoms. The Bertz CT molecular complexity index is 500. The highest BCUT2D eigenvalue weighted by molar-refractivity contribution is 7.11. The summed E-state index contributed by atoms with van der Waals surface area (Å²) < 4.78 is 13.1. The van der Waals surface area contributed by atoms with Gasteiger partial charge in [0, 0.05) is 15.6 Å². The summed E-state index contributed by atoms with van der Waals surface area (Å²) in [6, 6.07) is 4.39. The smallest absolute Gasteiger partial charge is 0.126 e. The Balaban J connectivity index is 2.07. The Morgan fingerprint density at radius 1 is 1.35 bits per heavy atom. The average molecular weight is 271 g/mol. The zero-order valence-electron chi connectivity index (χ0n) is 9.55. The topological polar surface area (TPSA) is 24.9 Å². The molecule has 0 saturated heterocycles. The normalized spacial score (nSPS) is 10.6. The monoisotopic (exact) mass is 270 g/mol. The molecule has 1 heterocycles. The number of benzene rings is 1. The molecule has 0 aliphatic carbocycles. The maximum atomic E-state index is 13.1. The van der Waals surface area contributed by atoms with E-state index in [2.05, 4.69) is 10.3 Å². The molecule has 0 amide bonds. The number of anilines is 1. The van der Waals surface area contributed by atoms with Crippen LogP contribution in [0.2, 0.25) is 5.02 Å². The fourth-order valence-electron chi connectivity index (χ4n) is 1.45. The molecule has 0 fully saturated rings. The minimum absolute atomic E-state index is 0.341. The quantitative estimate of drug-likeness (QED) is 0.906. The van der Waals surface area contributed by atoms with Crippen molar-refractivity contribution in [1.29, 1.82) is 0 Å². The Morgan fingerprint density at radius 2 is 2.12 bits per heavy atom. The van der Waals surface area contributed by atoms with Crippen LogP contribution in [0.1, 0.15) is 15.6 Å². The molecular formula is C12H12ClFN2S. The van der Waals surface area contributed by atoms with E-state index < -0.39 is 0 Å². The van der Waals surface area contributed by atoms with Crippen LogP contribution in [0.5, 0.6) is 0 Å². The van der Waals surface area contributed by atoms with Crippen LogP contribution in [0.3, 0.4) is 0 Å². The third kappa shape index (κ3) is 3.17. The van der Waals surface area contributed by atoms with Gasteiger partial charge in [0.05, 0.1) is 12.2 Å². The predicted octanol–water partition coefficient (Wildman–Crippen LogP) is 4.16. The third-order valence-corrected chi connectivity index (χ3v) is 3.67. The first kappa shape index (κ1) is 12.3. The van der Waals surface area contributed by atoms with Crippen molar-refractivity contribution in [3.05, 3.63) is 44.6 Å². The summed E-state index contributed by atoms with van der Waals surface area (Å²) in [6.45, 7) is 4.60. The molecule has 0 bridgehead atoms. The first-order chi connectivity index (χ1) is 8.04. The lowest BCUT2D eigenvalue weighted by Crippen LogP contribution is -1.99. The zero-order chi connectivity index (χ0) is 12.4. The van der Waals surface area contributed by atoms with Crippen molar-refractivity contribution in [2.24, 2.45) is 0 Å². The third-order valence-electron chi connectivity index (χ3n) is 2.38. The highest BCUT2D eigenvalue weighted by atomic mass is 35.5. The Hall–Kier alpha value is -1.13. The van der Waals surface area contributed by atoms with Crippen LogP contribution in [0.4, 0.5) is 10.1 Å². The van der Waals surface area contributed by atoms with E-state index in [0.717, 1.165) is 10.7 Å². The number of hydrogen-bond acceptors (Lipinski definition) is 3. The Kier molecular flexibility index (Phi) is 3.64. The molecule has 1 aromatic carbocycles. The van der Waals surface area contributed by atoms with Gasteiger partial charge < -0.3 is 5.32 Å². The second kappa shape index (κ2) is 5.02. The van der Waals surface area contributed by atoms with Crippen molar-refractivity contribution in [3.63, 3.8) is 0 Å². The van der Waals surface area contributed by atoms with E-state index >= 15 is 0 Å². The van der Waals surface area contributed by atoms with Gasteiger partial charge in [0.25, 0.3) is 0 Å². The molecule has 0 aliphatic heterocycles. The molecule has 17 heavy (non-hydrogen) atoms. The van der Waals surface area contributed by atoms with Gasteiger partial charge in [-0.2, -0.15) is 0 Å². The predicted molar refractivity (Wildman–Crippen MR) is 70.3 cm³/mol. The number of halogens is 2. The number of thiazole rings is 1. The van der Waals surface area contributed by atoms with Gasteiger partial charge in [-0.15, -0.1) is 11.3 Å². The first-order valence-electron chi connectivity index (χ1n) is 5.17. The molecule has 0 unspecified atom stereocenters. The van der Waals surface area contributed by atoms with Crippen molar-refractivity contribution >= 4 is 28.6 Å². The lowest BCUT2D eigenvalue weighted by molar-refractivity contribution is 0.628. The average Bonchev–Trinajstić information content (AvgIpc) is 2.54. The van der Waals surface area contributed by atoms with Crippen LogP contribution in [-0.2, 0) is 6.54 Å². The first-order valence-corrected chi connectivity index (χ1v) is 6.37. The molecule has 0 atom stereocenters. The van der Waals surface area contributed by atoms with Gasteiger partial charge in [-0.1, -0.05) is 11.6 Å². The molecule has 1 N–H and O–H groups in total. The summed E-state index contributed by atoms with van der Waals surface area (Å²) in [5, 5.41) is 4.48. The van der Waals surface area contributed by atoms with Gasteiger partial charge in [-0.25, -0.2) is 9.37 Å². The summed E-state index contributed by atoms with van der Waals surface area (Å²) in [5.41, 5.74) is 1.71. The van der Waals surface area contributed by atoms with Crippen LogP contribution in [-0.4, -0.2) is 4.98 Å². The number of aromatic nitrogens is 1. The van der Waals surface area contributed by atoms with Gasteiger partial charge >= 0.3 is 0 Å². The largest absolute Gasteiger partial charge is 0.378 e. The van der Waals surface area contributed by atoms with E-state index in [9.17, 15) is 4.39 Å². The molecule has 1 aromatic heterocycles. The number of nitrogens with zero attached hydrogens (tertiary/aromatic N) is 1. The van der Waals surface area contributed by atoms with Crippen molar-refractivity contribution in [2.45, 2.75) is 20.4 Å². The number of rotatable bonds is 3. The zero-order valence-corrected chi connectivity index (χ0v) is 11.1. The number of aryl methyl sites for hydroxylation is 2. The fraction of sp³-hybridized carbons (Fsp3) is 0.250. The van der Waals surface area contributed by atoms with E-state index in [1.807, 2.05) is 13.8 Å². The Labute approximate surface area is 108 Å². The van der Waals surface area contributed by atoms with Crippen LogP contribution >= 0.6 is 22.9 Å². The highest BCUT2D eigenvalue weighted by Gasteiger charge is 2.04. The van der Waals surface area contributed by atoms with E-state index in [0.29, 0.717) is 17.3 Å². The van der Waals surface area contributed by atoms with Crippen LogP contribution < -0.4 is 5.32 Å². The second-order valence-corrected chi connectivity index (χ2v) is 5.49. The lowest BCUT2D eigenvalue weighted by Gasteiger charge is -2.04. The maximum absolute atomic E-state index is 13.1. The molecule has 90 valence electrons. The van der Waals surface area contributed by atoms with Crippen LogP contribution in [0.25, 0.3) is 0 Å². The number of nitrogens with one attached hydrogen (secondary N) is 1. The summed E-state index contributed by atoms with van der Waals surface area (Å²) in [7, 11) is 0. The van der Waals surface area contributed by atoms with Crippen LogP contribution in [0.15, 0.2) is 18.2 Å². The molecule has 0 saturated carbocycles. The van der Waals surface area contributed by atoms with E-state index in [4.69, 9.17) is 11.6 Å². The minimum atomic E-state index is -0.341. The van der Waals surface area contributed by atoms with Gasteiger partial charge in [0.15, 0.2) is 0 Å². The van der Waals surface area contributed by atoms with Gasteiger partial charge in [0.2, 0.25) is 0 Å². The highest BCUT2D eigenvalue weighted by Crippen LogP contribution is 2.21. The van der Waals surface area contributed by atoms with Gasteiger partial charge in [-0.05, 0) is 32.0 Å². The van der Waals surface area contributed by atoms with E-state index in [1.54, 1.807) is 17.4 Å². The van der Waals surface area contributed by atoms with Gasteiger partial charge in [0.1, 0.15) is 10.8 Å². The number of hydrogen-bond donors (Lipinski definition) is 1. The molecule has 2 rings (SSSR count). The van der Waals surface area contributed by atoms with E-state index in [1.165, 1.54) is 17.0 Å². The summed E-state index contributed by atoms with van der Waals surface area (Å²) >= 11 is 7.41. The van der Waals surface area contributed by atoms with Gasteiger partial charge in [-0.3, -0.25) is 0 Å². The van der Waals surface area contributed by atoms with Crippen molar-refractivity contribution in [3.8, 4) is 0 Å². The maximum Gasteiger partial charge on any atom is 0.126 e. The van der Waals surface area contributed by atoms with Crippen LogP contribution in [0, 0.1) is 19.7 Å². The minimum Gasteiger partial charge on any atom is -0.378 e. The van der Waals surface area contributed by atoms with Crippen molar-refractivity contribution in [1.82, 2.24) is 4.98 Å². The van der Waals surface area contributed by atoms with Crippen molar-refractivity contribution < 1.29 is 4.39 Å². The summed E-state index contributed by atoms with van der Waals surface area (Å²) in [4.78, 5) is 5.61. The van der Waals surface area contributed by atoms with Crippen molar-refractivity contribution in [2.75, 3.05) is 5.32 Å². The molecule has 0 aliphatic rings. The summed E-state index contributed by atoms with van der Waals surface area (Å²) in [5.74, 6) is -0.341. The second-order valence-electron chi connectivity index (χ2n) is 3.76.